The van der Waals surface area contributed by atoms with Crippen molar-refractivity contribution in [2.24, 2.45) is 0 Å². The lowest BCUT2D eigenvalue weighted by Crippen LogP contribution is -2.59. The third-order valence-corrected chi connectivity index (χ3v) is 23.8. The molecule has 0 spiro atoms. The van der Waals surface area contributed by atoms with Crippen molar-refractivity contribution in [3.05, 3.63) is 0 Å². The maximum absolute atomic E-state index is 12.3. The molecule has 0 aromatic carbocycles. The Labute approximate surface area is 799 Å². The molecule has 6 amide bonds. The van der Waals surface area contributed by atoms with Crippen molar-refractivity contribution >= 4 is 52.8 Å². The Bertz CT molecular complexity index is 3070. The summed E-state index contributed by atoms with van der Waals surface area (Å²) in [6, 6.07) is -1.97. The Morgan fingerprint density at radius 2 is 0.377 bits per heavy atom. The fourth-order valence-electron chi connectivity index (χ4n) is 15.1. The number of amides is 6. The molecular formula is C87H156N6O45. The Morgan fingerprint density at radius 1 is 0.217 bits per heavy atom. The highest BCUT2D eigenvalue weighted by molar-refractivity contribution is 5.89. The normalized spacial score (nSPS) is 32.1. The van der Waals surface area contributed by atoms with Crippen molar-refractivity contribution in [2.75, 3.05) is 98.9 Å². The lowest BCUT2D eigenvalue weighted by Gasteiger charge is -2.39. The number of hydrogen-bond donors (Lipinski definition) is 30. The molecule has 51 heteroatoms. The molecule has 6 saturated heterocycles. The van der Waals surface area contributed by atoms with Crippen LogP contribution in [0.4, 0.5) is 0 Å². The largest absolute Gasteiger partial charge is 0.394 e. The molecule has 138 heavy (non-hydrogen) atoms. The number of Topliss-reactive ketones (excluding diaryl/α,β-unsaturated/α-hetero) is 3. The van der Waals surface area contributed by atoms with Crippen LogP contribution in [0.5, 0.6) is 0 Å². The van der Waals surface area contributed by atoms with E-state index >= 15 is 0 Å². The molecule has 0 bridgehead atoms. The van der Waals surface area contributed by atoms with Crippen LogP contribution in [0.2, 0.25) is 0 Å². The summed E-state index contributed by atoms with van der Waals surface area (Å²) in [7, 11) is 0. The molecule has 30 N–H and O–H groups in total. The summed E-state index contributed by atoms with van der Waals surface area (Å²) in [6.45, 7) is 2.69. The molecule has 33 atom stereocenters. The Balaban J connectivity index is 0.000000432. The molecule has 0 radical (unpaired) electrons. The number of ketones is 3. The number of ether oxygens (including phenoxy) is 12. The SMILES string of the molecule is CC(=O)C(CCCCNC(=O)CCCCOC1OC(CO)C(O)C(O)C1O)NC(=O)CCCCOC1OC(CO)C(O)C(O)C1O.CC(=O)C(CCCCNC(=O)CCCCOC1OC(CO)C(O)C(O)C1O)NC(=O)CCCCOC1OC(CO)C(O)C(O)C1O.CC(=O)[C@@H](CCCCNC(=O)CCCCOC1OC(CO)C(O)C(O)C1O)NC(=O)CCCCOC1OC(CO)C(O)C(O)C1O. The van der Waals surface area contributed by atoms with Gasteiger partial charge in [-0.3, -0.25) is 43.2 Å². The number of aliphatic hydroxyl groups excluding tert-OH is 24. The predicted octanol–water partition coefficient (Wildman–Crippen LogP) is -11.0. The van der Waals surface area contributed by atoms with Crippen LogP contribution in [0.3, 0.4) is 0 Å². The lowest BCUT2D eigenvalue weighted by molar-refractivity contribution is -0.301. The molecule has 6 rings (SSSR count). The van der Waals surface area contributed by atoms with Gasteiger partial charge in [0.05, 0.1) is 57.8 Å². The molecule has 6 aliphatic heterocycles. The number of nitrogens with one attached hydrogen (secondary N) is 6. The predicted molar refractivity (Wildman–Crippen MR) is 470 cm³/mol. The topological polar surface area (TPSA) is 822 Å². The van der Waals surface area contributed by atoms with Gasteiger partial charge in [0.1, 0.15) is 146 Å². The zero-order chi connectivity index (χ0) is 103. The Kier molecular flexibility index (Phi) is 62.0. The van der Waals surface area contributed by atoms with Gasteiger partial charge in [0.25, 0.3) is 0 Å². The number of carbonyl (C=O) groups excluding carboxylic acids is 9. The van der Waals surface area contributed by atoms with Crippen LogP contribution < -0.4 is 31.9 Å². The van der Waals surface area contributed by atoms with Gasteiger partial charge in [-0.1, -0.05) is 0 Å². The minimum absolute atomic E-state index is 0.0910. The summed E-state index contributed by atoms with van der Waals surface area (Å²) in [6.07, 6.45) is -29.3. The summed E-state index contributed by atoms with van der Waals surface area (Å²) in [5, 5.41) is 249. The number of hydrogen-bond acceptors (Lipinski definition) is 45. The second-order valence-electron chi connectivity index (χ2n) is 34.9. The standard InChI is InChI=1S/3C29H52N2O15/c3*1-16(34)17(31-21(36)10-4-7-13-44-29-27(42)25(40)23(38)19(15-33)46-29)8-2-5-11-30-20(35)9-3-6-12-43-28-26(41)24(39)22(37)18(14-32)45-28/h3*17-19,22-29,32-33,37-42H,2-15H2,1H3,(H,30,35)(H,31,36)/t17-,18?,19?,22?,23?,24?,25?,26?,27?,28?,29?;;/m1../s1. The number of aliphatic hydroxyl groups is 24. The minimum Gasteiger partial charge on any atom is -0.394 e. The average Bonchev–Trinajstić information content (AvgIpc) is 0.844. The molecule has 804 valence electrons. The van der Waals surface area contributed by atoms with E-state index in [0.717, 1.165) is 0 Å². The zero-order valence-corrected chi connectivity index (χ0v) is 78.6. The Hall–Kier alpha value is -5.61. The van der Waals surface area contributed by atoms with Crippen LogP contribution >= 0.6 is 0 Å². The first-order valence-electron chi connectivity index (χ1n) is 47.4. The summed E-state index contributed by atoms with van der Waals surface area (Å²) >= 11 is 0. The number of unbranched alkanes of at least 4 members (excludes halogenated alkanes) is 9. The van der Waals surface area contributed by atoms with E-state index < -0.39 is 242 Å². The van der Waals surface area contributed by atoms with E-state index in [0.29, 0.717) is 154 Å². The summed E-state index contributed by atoms with van der Waals surface area (Å²) in [5.74, 6) is -1.98. The van der Waals surface area contributed by atoms with E-state index in [9.17, 15) is 166 Å². The monoisotopic (exact) mass is 2010 g/mol. The third-order valence-electron chi connectivity index (χ3n) is 23.8. The van der Waals surface area contributed by atoms with Crippen molar-refractivity contribution < 1.29 is 223 Å². The van der Waals surface area contributed by atoms with Crippen molar-refractivity contribution in [3.8, 4) is 0 Å². The molecule has 0 saturated carbocycles. The molecule has 0 aliphatic carbocycles. The van der Waals surface area contributed by atoms with Gasteiger partial charge in [-0.2, -0.15) is 0 Å². The third kappa shape index (κ3) is 44.1. The van der Waals surface area contributed by atoms with E-state index in [2.05, 4.69) is 31.9 Å². The van der Waals surface area contributed by atoms with Crippen molar-refractivity contribution in [2.45, 2.75) is 396 Å². The van der Waals surface area contributed by atoms with Crippen LogP contribution in [0.15, 0.2) is 0 Å². The van der Waals surface area contributed by atoms with Gasteiger partial charge >= 0.3 is 0 Å². The van der Waals surface area contributed by atoms with Crippen LogP contribution in [0.25, 0.3) is 0 Å². The van der Waals surface area contributed by atoms with Gasteiger partial charge in [0.2, 0.25) is 35.4 Å². The van der Waals surface area contributed by atoms with Gasteiger partial charge in [0, 0.05) is 97.8 Å². The van der Waals surface area contributed by atoms with E-state index in [1.54, 1.807) is 0 Å². The van der Waals surface area contributed by atoms with Crippen molar-refractivity contribution in [1.29, 1.82) is 0 Å². The Morgan fingerprint density at radius 3 is 0.529 bits per heavy atom. The second-order valence-corrected chi connectivity index (χ2v) is 34.9. The lowest BCUT2D eigenvalue weighted by atomic mass is 9.99. The molecule has 6 fully saturated rings. The quantitative estimate of drug-likeness (QED) is 0.0251. The maximum Gasteiger partial charge on any atom is 0.220 e. The van der Waals surface area contributed by atoms with Gasteiger partial charge in [-0.15, -0.1) is 0 Å². The molecule has 32 unspecified atom stereocenters. The minimum atomic E-state index is -1.53. The number of rotatable bonds is 63. The fourth-order valence-corrected chi connectivity index (χ4v) is 15.1. The highest BCUT2D eigenvalue weighted by Gasteiger charge is 2.50. The van der Waals surface area contributed by atoms with Crippen LogP contribution in [0.1, 0.15) is 194 Å². The highest BCUT2D eigenvalue weighted by Crippen LogP contribution is 2.29. The van der Waals surface area contributed by atoms with Gasteiger partial charge < -0.3 is 211 Å². The maximum atomic E-state index is 12.3. The van der Waals surface area contributed by atoms with Gasteiger partial charge in [-0.05, 0) is 156 Å². The van der Waals surface area contributed by atoms with E-state index in [4.69, 9.17) is 56.8 Å². The first-order chi connectivity index (χ1) is 65.7. The summed E-state index contributed by atoms with van der Waals surface area (Å²) < 4.78 is 63.9. The molecule has 51 nitrogen and oxygen atoms in total. The van der Waals surface area contributed by atoms with Crippen LogP contribution in [0, 0.1) is 0 Å². The van der Waals surface area contributed by atoms with E-state index in [1.165, 1.54) is 20.8 Å². The summed E-state index contributed by atoms with van der Waals surface area (Å²) in [5.41, 5.74) is 0. The van der Waals surface area contributed by atoms with Crippen LogP contribution in [-0.4, -0.2) is 477 Å². The molecule has 6 aliphatic rings. The zero-order valence-electron chi connectivity index (χ0n) is 78.6. The first-order valence-corrected chi connectivity index (χ1v) is 47.4. The van der Waals surface area contributed by atoms with E-state index in [1.807, 2.05) is 0 Å². The highest BCUT2D eigenvalue weighted by atomic mass is 16.7. The van der Waals surface area contributed by atoms with Gasteiger partial charge in [-0.25, -0.2) is 0 Å². The molecule has 0 aromatic rings. The molecule has 0 aromatic heterocycles. The van der Waals surface area contributed by atoms with Crippen LogP contribution in [-0.2, 0) is 100.0 Å². The summed E-state index contributed by atoms with van der Waals surface area (Å²) in [4.78, 5) is 109. The van der Waals surface area contributed by atoms with Gasteiger partial charge in [0.15, 0.2) is 55.1 Å². The molecular weight excluding hydrogens is 1850 g/mol. The van der Waals surface area contributed by atoms with Crippen molar-refractivity contribution in [3.63, 3.8) is 0 Å². The second kappa shape index (κ2) is 68.6. The molecule has 6 heterocycles. The van der Waals surface area contributed by atoms with E-state index in [-0.39, 0.29) is 131 Å². The average molecular weight is 2010 g/mol. The smallest absolute Gasteiger partial charge is 0.220 e. The van der Waals surface area contributed by atoms with Crippen molar-refractivity contribution in [1.82, 2.24) is 31.9 Å². The fraction of sp³-hybridized carbons (Fsp3) is 0.897. The number of carbonyl (C=O) groups is 9. The first kappa shape index (κ1) is 125.